The Hall–Kier alpha value is -2.89. The van der Waals surface area contributed by atoms with Gasteiger partial charge in [0.05, 0.1) is 12.2 Å². The standard InChI is InChI=1S/C22H31N5O/c1-4-10-27(11-5-2)22(28)18-12-19(23)20(26-21(24)13-18)15-25-14-17-8-6-16(3)7-9-17/h6-9,12,15H,4-5,10-11,13-14,23H2,1-3H3,(H2,24,26). The average molecular weight is 382 g/mol. The third-order valence-corrected chi connectivity index (χ3v) is 4.42. The van der Waals surface area contributed by atoms with Gasteiger partial charge < -0.3 is 16.4 Å². The van der Waals surface area contributed by atoms with E-state index in [-0.39, 0.29) is 5.91 Å². The topological polar surface area (TPSA) is 97.1 Å². The molecule has 28 heavy (non-hydrogen) atoms. The number of rotatable bonds is 8. The number of hydrogen-bond acceptors (Lipinski definition) is 5. The van der Waals surface area contributed by atoms with Gasteiger partial charge in [0, 0.05) is 31.3 Å². The maximum Gasteiger partial charge on any atom is 0.250 e. The van der Waals surface area contributed by atoms with Gasteiger partial charge in [-0.15, -0.1) is 0 Å². The molecule has 0 atom stereocenters. The van der Waals surface area contributed by atoms with E-state index in [1.165, 1.54) is 5.56 Å². The Morgan fingerprint density at radius 2 is 1.82 bits per heavy atom. The van der Waals surface area contributed by atoms with Crippen LogP contribution >= 0.6 is 0 Å². The monoisotopic (exact) mass is 381 g/mol. The Kier molecular flexibility index (Phi) is 7.99. The zero-order valence-electron chi connectivity index (χ0n) is 17.1. The lowest BCUT2D eigenvalue weighted by atomic mass is 10.1. The highest BCUT2D eigenvalue weighted by atomic mass is 16.2. The predicted molar refractivity (Wildman–Crippen MR) is 116 cm³/mol. The van der Waals surface area contributed by atoms with Crippen LogP contribution in [0.1, 0.15) is 44.2 Å². The molecule has 1 aliphatic heterocycles. The Morgan fingerprint density at radius 1 is 1.18 bits per heavy atom. The molecule has 1 aromatic rings. The highest BCUT2D eigenvalue weighted by Gasteiger charge is 2.20. The van der Waals surface area contributed by atoms with Gasteiger partial charge >= 0.3 is 0 Å². The molecular formula is C22H31N5O. The lowest BCUT2D eigenvalue weighted by Crippen LogP contribution is -2.34. The summed E-state index contributed by atoms with van der Waals surface area (Å²) < 4.78 is 0. The maximum atomic E-state index is 12.9. The number of aryl methyl sites for hydroxylation is 1. The van der Waals surface area contributed by atoms with Crippen molar-refractivity contribution in [3.8, 4) is 0 Å². The van der Waals surface area contributed by atoms with Crippen LogP contribution in [0.2, 0.25) is 0 Å². The summed E-state index contributed by atoms with van der Waals surface area (Å²) in [6.45, 7) is 8.14. The summed E-state index contributed by atoms with van der Waals surface area (Å²) in [4.78, 5) is 23.5. The van der Waals surface area contributed by atoms with Crippen molar-refractivity contribution >= 4 is 18.0 Å². The first kappa shape index (κ1) is 21.4. The molecular weight excluding hydrogens is 350 g/mol. The third kappa shape index (κ3) is 6.08. The van der Waals surface area contributed by atoms with Crippen molar-refractivity contribution in [2.75, 3.05) is 13.1 Å². The molecule has 0 bridgehead atoms. The molecule has 0 spiro atoms. The summed E-state index contributed by atoms with van der Waals surface area (Å²) in [5, 5.41) is 0. The molecule has 1 amide bonds. The number of amidine groups is 1. The molecule has 0 aliphatic carbocycles. The van der Waals surface area contributed by atoms with E-state index in [9.17, 15) is 4.79 Å². The second-order valence-corrected chi connectivity index (χ2v) is 7.04. The van der Waals surface area contributed by atoms with Crippen LogP contribution in [0.25, 0.3) is 0 Å². The van der Waals surface area contributed by atoms with Crippen LogP contribution in [0.15, 0.2) is 57.3 Å². The molecule has 2 rings (SSSR count). The zero-order valence-corrected chi connectivity index (χ0v) is 17.1. The van der Waals surface area contributed by atoms with E-state index < -0.39 is 0 Å². The predicted octanol–water partition coefficient (Wildman–Crippen LogP) is 3.07. The van der Waals surface area contributed by atoms with Crippen molar-refractivity contribution in [2.24, 2.45) is 21.5 Å². The summed E-state index contributed by atoms with van der Waals surface area (Å²) in [5.41, 5.74) is 16.0. The number of hydrogen-bond donors (Lipinski definition) is 2. The molecule has 4 N–H and O–H groups in total. The van der Waals surface area contributed by atoms with Gasteiger partial charge in [-0.3, -0.25) is 9.79 Å². The summed E-state index contributed by atoms with van der Waals surface area (Å²) in [6.07, 6.45) is 5.42. The number of nitrogens with two attached hydrogens (primary N) is 2. The van der Waals surface area contributed by atoms with E-state index in [1.54, 1.807) is 12.3 Å². The fourth-order valence-electron chi connectivity index (χ4n) is 3.00. The molecule has 0 radical (unpaired) electrons. The van der Waals surface area contributed by atoms with Crippen molar-refractivity contribution in [3.05, 3.63) is 58.4 Å². The van der Waals surface area contributed by atoms with E-state index in [0.717, 1.165) is 31.5 Å². The summed E-state index contributed by atoms with van der Waals surface area (Å²) in [5.74, 6) is 0.340. The van der Waals surface area contributed by atoms with Crippen molar-refractivity contribution in [3.63, 3.8) is 0 Å². The van der Waals surface area contributed by atoms with Crippen LogP contribution in [0.5, 0.6) is 0 Å². The summed E-state index contributed by atoms with van der Waals surface area (Å²) in [7, 11) is 0. The van der Waals surface area contributed by atoms with Gasteiger partial charge in [-0.2, -0.15) is 0 Å². The van der Waals surface area contributed by atoms with Crippen molar-refractivity contribution < 1.29 is 4.79 Å². The molecule has 0 saturated heterocycles. The highest BCUT2D eigenvalue weighted by molar-refractivity contribution is 6.02. The van der Waals surface area contributed by atoms with Gasteiger partial charge in [0.15, 0.2) is 0 Å². The fraction of sp³-hybridized carbons (Fsp3) is 0.409. The second kappa shape index (κ2) is 10.4. The van der Waals surface area contributed by atoms with Crippen molar-refractivity contribution in [2.45, 2.75) is 46.6 Å². The summed E-state index contributed by atoms with van der Waals surface area (Å²) in [6, 6.07) is 8.20. The quantitative estimate of drug-likeness (QED) is 0.677. The third-order valence-electron chi connectivity index (χ3n) is 4.42. The minimum atomic E-state index is -0.0253. The second-order valence-electron chi connectivity index (χ2n) is 7.04. The average Bonchev–Trinajstić information content (AvgIpc) is 2.81. The molecule has 0 saturated carbocycles. The first-order chi connectivity index (χ1) is 13.4. The number of amides is 1. The first-order valence-electron chi connectivity index (χ1n) is 9.82. The van der Waals surface area contributed by atoms with E-state index in [4.69, 9.17) is 11.5 Å². The van der Waals surface area contributed by atoms with E-state index in [0.29, 0.717) is 35.8 Å². The number of aliphatic imine (C=N–C) groups is 2. The van der Waals surface area contributed by atoms with Gasteiger partial charge in [0.1, 0.15) is 11.5 Å². The molecule has 0 unspecified atom stereocenters. The number of carbonyl (C=O) groups is 1. The van der Waals surface area contributed by atoms with E-state index in [2.05, 4.69) is 42.9 Å². The highest BCUT2D eigenvalue weighted by Crippen LogP contribution is 2.16. The van der Waals surface area contributed by atoms with Crippen LogP contribution < -0.4 is 11.5 Å². The normalized spacial score (nSPS) is 14.7. The SMILES string of the molecule is CCCN(CCC)C(=O)C1=CC(N)=C(C=NCc2ccc(C)cc2)N=C(N)C1. The summed E-state index contributed by atoms with van der Waals surface area (Å²) >= 11 is 0. The van der Waals surface area contributed by atoms with Gasteiger partial charge in [0.2, 0.25) is 5.91 Å². The Morgan fingerprint density at radius 3 is 2.43 bits per heavy atom. The minimum Gasteiger partial charge on any atom is -0.397 e. The Labute approximate surface area is 167 Å². The van der Waals surface area contributed by atoms with Gasteiger partial charge in [0.25, 0.3) is 0 Å². The minimum absolute atomic E-state index is 0.0253. The lowest BCUT2D eigenvalue weighted by molar-refractivity contribution is -0.127. The molecule has 6 heteroatoms. The Balaban J connectivity index is 2.19. The van der Waals surface area contributed by atoms with Gasteiger partial charge in [-0.25, -0.2) is 4.99 Å². The number of carbonyl (C=O) groups excluding carboxylic acids is 1. The van der Waals surface area contributed by atoms with Crippen LogP contribution in [0, 0.1) is 6.92 Å². The lowest BCUT2D eigenvalue weighted by Gasteiger charge is -2.22. The molecule has 1 heterocycles. The van der Waals surface area contributed by atoms with Gasteiger partial charge in [-0.05, 0) is 31.4 Å². The molecule has 0 fully saturated rings. The number of nitrogens with zero attached hydrogens (tertiary/aromatic N) is 3. The smallest absolute Gasteiger partial charge is 0.250 e. The van der Waals surface area contributed by atoms with Crippen LogP contribution in [-0.2, 0) is 11.3 Å². The molecule has 1 aromatic carbocycles. The zero-order chi connectivity index (χ0) is 20.5. The van der Waals surface area contributed by atoms with Gasteiger partial charge in [-0.1, -0.05) is 43.7 Å². The van der Waals surface area contributed by atoms with E-state index >= 15 is 0 Å². The van der Waals surface area contributed by atoms with Crippen LogP contribution in [0.3, 0.4) is 0 Å². The Bertz CT molecular complexity index is 797. The first-order valence-corrected chi connectivity index (χ1v) is 9.82. The molecule has 6 nitrogen and oxygen atoms in total. The molecule has 0 aromatic heterocycles. The largest absolute Gasteiger partial charge is 0.397 e. The molecule has 1 aliphatic rings. The maximum absolute atomic E-state index is 12.9. The number of allylic oxidation sites excluding steroid dienone is 2. The van der Waals surface area contributed by atoms with E-state index in [1.807, 2.05) is 17.0 Å². The number of benzene rings is 1. The van der Waals surface area contributed by atoms with Crippen molar-refractivity contribution in [1.29, 1.82) is 0 Å². The van der Waals surface area contributed by atoms with Crippen LogP contribution in [-0.4, -0.2) is 35.9 Å². The van der Waals surface area contributed by atoms with Crippen LogP contribution in [0.4, 0.5) is 0 Å². The fourth-order valence-corrected chi connectivity index (χ4v) is 3.00. The van der Waals surface area contributed by atoms with Crippen molar-refractivity contribution in [1.82, 2.24) is 4.90 Å². The molecule has 150 valence electrons.